The van der Waals surface area contributed by atoms with Crippen molar-refractivity contribution >= 4 is 21.9 Å². The van der Waals surface area contributed by atoms with Gasteiger partial charge in [-0.15, -0.1) is 0 Å². The first kappa shape index (κ1) is 11.9. The van der Waals surface area contributed by atoms with Crippen LogP contribution in [0.1, 0.15) is 39.0 Å². The summed E-state index contributed by atoms with van der Waals surface area (Å²) >= 11 is 3.36. The average molecular weight is 237 g/mol. The third-order valence-electron chi connectivity index (χ3n) is 1.94. The van der Waals surface area contributed by atoms with E-state index in [1.54, 1.807) is 6.92 Å². The molecule has 0 aliphatic carbocycles. The Morgan fingerprint density at radius 3 is 2.42 bits per heavy atom. The Balaban J connectivity index is 3.14. The number of carbonyl (C=O) groups is 1. The Morgan fingerprint density at radius 1 is 1.33 bits per heavy atom. The highest BCUT2D eigenvalue weighted by atomic mass is 79.9. The zero-order valence-electron chi connectivity index (χ0n) is 7.55. The lowest BCUT2D eigenvalue weighted by Gasteiger charge is -2.04. The zero-order valence-corrected chi connectivity index (χ0v) is 9.14. The van der Waals surface area contributed by atoms with Gasteiger partial charge in [0.05, 0.1) is 5.92 Å². The molecule has 0 aromatic rings. The molecule has 1 atom stereocenters. The number of rotatable bonds is 7. The van der Waals surface area contributed by atoms with E-state index in [-0.39, 0.29) is 5.92 Å². The van der Waals surface area contributed by atoms with Gasteiger partial charge >= 0.3 is 5.97 Å². The highest BCUT2D eigenvalue weighted by Crippen LogP contribution is 2.10. The number of alkyl halides is 1. The predicted octanol–water partition coefficient (Wildman–Crippen LogP) is 3.05. The molecular formula is C9H17BrO2. The molecule has 72 valence electrons. The van der Waals surface area contributed by atoms with E-state index in [0.29, 0.717) is 0 Å². The minimum atomic E-state index is -0.671. The van der Waals surface area contributed by atoms with Gasteiger partial charge in [-0.3, -0.25) is 4.79 Å². The van der Waals surface area contributed by atoms with Crippen LogP contribution in [-0.4, -0.2) is 16.4 Å². The number of carboxylic acid groups (broad SMARTS) is 1. The first-order valence-electron chi connectivity index (χ1n) is 4.47. The average Bonchev–Trinajstić information content (AvgIpc) is 2.03. The van der Waals surface area contributed by atoms with Gasteiger partial charge in [-0.25, -0.2) is 0 Å². The molecule has 0 aromatic carbocycles. The molecule has 2 nitrogen and oxygen atoms in total. The Kier molecular flexibility index (Phi) is 7.56. The number of unbranched alkanes of at least 4 members (excludes halogenated alkanes) is 3. The lowest BCUT2D eigenvalue weighted by molar-refractivity contribution is -0.141. The smallest absolute Gasteiger partial charge is 0.306 e. The van der Waals surface area contributed by atoms with E-state index in [9.17, 15) is 4.79 Å². The Bertz CT molecular complexity index is 126. The van der Waals surface area contributed by atoms with Crippen molar-refractivity contribution < 1.29 is 9.90 Å². The highest BCUT2D eigenvalue weighted by Gasteiger charge is 2.08. The molecule has 0 aliphatic heterocycles. The highest BCUT2D eigenvalue weighted by molar-refractivity contribution is 9.09. The normalized spacial score (nSPS) is 12.8. The second-order valence-corrected chi connectivity index (χ2v) is 3.92. The molecule has 0 spiro atoms. The topological polar surface area (TPSA) is 37.3 Å². The maximum atomic E-state index is 10.4. The second kappa shape index (κ2) is 7.59. The Hall–Kier alpha value is -0.0500. The first-order chi connectivity index (χ1) is 5.68. The van der Waals surface area contributed by atoms with Gasteiger partial charge in [0, 0.05) is 5.33 Å². The fourth-order valence-corrected chi connectivity index (χ4v) is 1.42. The van der Waals surface area contributed by atoms with Gasteiger partial charge in [0.15, 0.2) is 0 Å². The van der Waals surface area contributed by atoms with E-state index in [1.807, 2.05) is 0 Å². The zero-order chi connectivity index (χ0) is 9.40. The number of aliphatic carboxylic acids is 1. The molecule has 0 saturated heterocycles. The van der Waals surface area contributed by atoms with Crippen LogP contribution < -0.4 is 0 Å². The molecular weight excluding hydrogens is 220 g/mol. The van der Waals surface area contributed by atoms with Gasteiger partial charge in [0.2, 0.25) is 0 Å². The molecule has 0 aromatic heterocycles. The number of hydrogen-bond donors (Lipinski definition) is 1. The standard InChI is InChI=1S/C9H17BrO2/c1-8(9(11)12)6-4-2-3-5-7-10/h8H,2-7H2,1H3,(H,11,12)/t8-/m1/s1. The van der Waals surface area contributed by atoms with E-state index in [0.717, 1.165) is 24.6 Å². The second-order valence-electron chi connectivity index (χ2n) is 3.13. The van der Waals surface area contributed by atoms with E-state index in [2.05, 4.69) is 15.9 Å². The van der Waals surface area contributed by atoms with Crippen LogP contribution in [0.15, 0.2) is 0 Å². The van der Waals surface area contributed by atoms with Gasteiger partial charge < -0.3 is 5.11 Å². The quantitative estimate of drug-likeness (QED) is 0.545. The van der Waals surface area contributed by atoms with Crippen molar-refractivity contribution in [3.63, 3.8) is 0 Å². The third-order valence-corrected chi connectivity index (χ3v) is 2.50. The molecule has 0 bridgehead atoms. The van der Waals surface area contributed by atoms with Crippen molar-refractivity contribution in [3.05, 3.63) is 0 Å². The molecule has 0 radical (unpaired) electrons. The Morgan fingerprint density at radius 2 is 1.92 bits per heavy atom. The van der Waals surface area contributed by atoms with Crippen molar-refractivity contribution in [3.8, 4) is 0 Å². The minimum Gasteiger partial charge on any atom is -0.481 e. The minimum absolute atomic E-state index is 0.172. The van der Waals surface area contributed by atoms with Crippen LogP contribution in [0.3, 0.4) is 0 Å². The summed E-state index contributed by atoms with van der Waals surface area (Å²) in [6.45, 7) is 1.77. The van der Waals surface area contributed by atoms with Gasteiger partial charge in [-0.1, -0.05) is 42.1 Å². The fraction of sp³-hybridized carbons (Fsp3) is 0.889. The van der Waals surface area contributed by atoms with Crippen LogP contribution in [-0.2, 0) is 4.79 Å². The summed E-state index contributed by atoms with van der Waals surface area (Å²) in [5, 5.41) is 9.63. The molecule has 0 heterocycles. The van der Waals surface area contributed by atoms with Gasteiger partial charge in [0.25, 0.3) is 0 Å². The van der Waals surface area contributed by atoms with Crippen LogP contribution in [0.25, 0.3) is 0 Å². The number of halogens is 1. The van der Waals surface area contributed by atoms with Crippen molar-refractivity contribution in [2.45, 2.75) is 39.0 Å². The molecule has 1 N–H and O–H groups in total. The SMILES string of the molecule is C[C@H](CCCCCCBr)C(=O)O. The maximum absolute atomic E-state index is 10.4. The molecule has 3 heteroatoms. The maximum Gasteiger partial charge on any atom is 0.306 e. The lowest BCUT2D eigenvalue weighted by Crippen LogP contribution is -2.08. The summed E-state index contributed by atoms with van der Waals surface area (Å²) in [6, 6.07) is 0. The van der Waals surface area contributed by atoms with Crippen LogP contribution in [0.2, 0.25) is 0 Å². The van der Waals surface area contributed by atoms with Gasteiger partial charge in [-0.05, 0) is 12.8 Å². The molecule has 0 fully saturated rings. The Labute approximate surface area is 82.5 Å². The number of carboxylic acids is 1. The van der Waals surface area contributed by atoms with Crippen molar-refractivity contribution in [2.24, 2.45) is 5.92 Å². The number of hydrogen-bond acceptors (Lipinski definition) is 1. The van der Waals surface area contributed by atoms with Gasteiger partial charge in [-0.2, -0.15) is 0 Å². The summed E-state index contributed by atoms with van der Waals surface area (Å²) in [5.74, 6) is -0.843. The molecule has 0 saturated carbocycles. The molecule has 12 heavy (non-hydrogen) atoms. The summed E-state index contributed by atoms with van der Waals surface area (Å²) < 4.78 is 0. The van der Waals surface area contributed by atoms with E-state index >= 15 is 0 Å². The van der Waals surface area contributed by atoms with E-state index < -0.39 is 5.97 Å². The van der Waals surface area contributed by atoms with E-state index in [1.165, 1.54) is 12.8 Å². The summed E-state index contributed by atoms with van der Waals surface area (Å²) in [4.78, 5) is 10.4. The van der Waals surface area contributed by atoms with Crippen LogP contribution in [0.4, 0.5) is 0 Å². The van der Waals surface area contributed by atoms with Crippen LogP contribution in [0, 0.1) is 5.92 Å². The summed E-state index contributed by atoms with van der Waals surface area (Å²) in [6.07, 6.45) is 5.42. The van der Waals surface area contributed by atoms with Crippen molar-refractivity contribution in [1.29, 1.82) is 0 Å². The van der Waals surface area contributed by atoms with Gasteiger partial charge in [0.1, 0.15) is 0 Å². The van der Waals surface area contributed by atoms with Crippen molar-refractivity contribution in [2.75, 3.05) is 5.33 Å². The molecule has 0 rings (SSSR count). The fourth-order valence-electron chi connectivity index (χ4n) is 1.02. The first-order valence-corrected chi connectivity index (χ1v) is 5.59. The van der Waals surface area contributed by atoms with Crippen molar-refractivity contribution in [1.82, 2.24) is 0 Å². The molecule has 0 unspecified atom stereocenters. The molecule has 0 amide bonds. The third kappa shape index (κ3) is 6.65. The summed E-state index contributed by atoms with van der Waals surface area (Å²) in [7, 11) is 0. The predicted molar refractivity (Wildman–Crippen MR) is 53.7 cm³/mol. The molecule has 0 aliphatic rings. The monoisotopic (exact) mass is 236 g/mol. The summed E-state index contributed by atoms with van der Waals surface area (Å²) in [5.41, 5.74) is 0. The lowest BCUT2D eigenvalue weighted by atomic mass is 10.0. The largest absolute Gasteiger partial charge is 0.481 e. The van der Waals surface area contributed by atoms with E-state index in [4.69, 9.17) is 5.11 Å². The van der Waals surface area contributed by atoms with Crippen LogP contribution in [0.5, 0.6) is 0 Å². The van der Waals surface area contributed by atoms with Crippen LogP contribution >= 0.6 is 15.9 Å².